The molecular formula is C14H18N2O3S2. The molecule has 5 nitrogen and oxygen atoms in total. The van der Waals surface area contributed by atoms with Crippen molar-refractivity contribution in [2.45, 2.75) is 31.4 Å². The number of hydrogen-bond donors (Lipinski definition) is 1. The van der Waals surface area contributed by atoms with Gasteiger partial charge < -0.3 is 10.5 Å². The third-order valence-electron chi connectivity index (χ3n) is 3.02. The number of hydrogen-bond acceptors (Lipinski definition) is 6. The minimum absolute atomic E-state index is 0.0963. The fraction of sp³-hybridized carbons (Fsp3) is 0.357. The number of thiazole rings is 1. The Morgan fingerprint density at radius 2 is 2.05 bits per heavy atom. The summed E-state index contributed by atoms with van der Waals surface area (Å²) in [4.78, 5) is 5.40. The lowest BCUT2D eigenvalue weighted by atomic mass is 10.3. The predicted molar refractivity (Wildman–Crippen MR) is 84.5 cm³/mol. The Hall–Kier alpha value is -1.60. The molecule has 2 aromatic rings. The molecule has 21 heavy (non-hydrogen) atoms. The zero-order chi connectivity index (χ0) is 15.6. The van der Waals surface area contributed by atoms with E-state index in [-0.39, 0.29) is 16.3 Å². The summed E-state index contributed by atoms with van der Waals surface area (Å²) in [5, 5.41) is 0.575. The second-order valence-corrected chi connectivity index (χ2v) is 7.89. The predicted octanol–water partition coefficient (Wildman–Crippen LogP) is 2.71. The van der Waals surface area contributed by atoms with Gasteiger partial charge in [-0.15, -0.1) is 11.3 Å². The Labute approximate surface area is 128 Å². The highest BCUT2D eigenvalue weighted by Gasteiger charge is 2.21. The molecule has 0 aliphatic heterocycles. The van der Waals surface area contributed by atoms with Crippen LogP contribution in [0.1, 0.15) is 22.5 Å². The van der Waals surface area contributed by atoms with Crippen LogP contribution < -0.4 is 10.5 Å². The summed E-state index contributed by atoms with van der Waals surface area (Å²) in [6.45, 7) is 6.10. The normalized spacial score (nSPS) is 11.6. The van der Waals surface area contributed by atoms with Gasteiger partial charge in [-0.2, -0.15) is 0 Å². The molecule has 0 spiro atoms. The lowest BCUT2D eigenvalue weighted by Gasteiger charge is -2.09. The van der Waals surface area contributed by atoms with Gasteiger partial charge in [0.2, 0.25) is 0 Å². The number of nitrogen functional groups attached to an aromatic ring is 1. The first-order chi connectivity index (χ1) is 9.83. The van der Waals surface area contributed by atoms with Gasteiger partial charge in [0.1, 0.15) is 16.5 Å². The monoisotopic (exact) mass is 326 g/mol. The quantitative estimate of drug-likeness (QED) is 0.854. The first-order valence-corrected chi connectivity index (χ1v) is 8.98. The van der Waals surface area contributed by atoms with Crippen LogP contribution in [0.15, 0.2) is 23.1 Å². The lowest BCUT2D eigenvalue weighted by Crippen LogP contribution is -2.08. The Morgan fingerprint density at radius 3 is 2.62 bits per heavy atom. The third kappa shape index (κ3) is 3.54. The van der Waals surface area contributed by atoms with Crippen molar-refractivity contribution in [2.24, 2.45) is 0 Å². The van der Waals surface area contributed by atoms with Crippen LogP contribution in [-0.2, 0) is 15.6 Å². The largest absolute Gasteiger partial charge is 0.494 e. The molecule has 1 aromatic heterocycles. The van der Waals surface area contributed by atoms with Gasteiger partial charge in [0, 0.05) is 10.9 Å². The van der Waals surface area contributed by atoms with E-state index in [0.29, 0.717) is 17.4 Å². The van der Waals surface area contributed by atoms with E-state index in [2.05, 4.69) is 4.98 Å². The number of ether oxygens (including phenoxy) is 1. The van der Waals surface area contributed by atoms with Crippen LogP contribution in [0.4, 0.5) is 5.69 Å². The number of aromatic nitrogens is 1. The molecule has 0 radical (unpaired) electrons. The number of nitrogens with zero attached hydrogens (tertiary/aromatic N) is 1. The number of nitrogens with two attached hydrogens (primary N) is 1. The average molecular weight is 326 g/mol. The van der Waals surface area contributed by atoms with Crippen molar-refractivity contribution in [3.05, 3.63) is 33.8 Å². The van der Waals surface area contributed by atoms with Crippen LogP contribution in [-0.4, -0.2) is 20.0 Å². The molecule has 1 aromatic carbocycles. The van der Waals surface area contributed by atoms with Crippen molar-refractivity contribution in [3.63, 3.8) is 0 Å². The first kappa shape index (κ1) is 15.8. The number of anilines is 1. The first-order valence-electron chi connectivity index (χ1n) is 6.51. The van der Waals surface area contributed by atoms with Crippen molar-refractivity contribution >= 4 is 26.9 Å². The van der Waals surface area contributed by atoms with Crippen molar-refractivity contribution in [1.29, 1.82) is 0 Å². The van der Waals surface area contributed by atoms with E-state index < -0.39 is 9.84 Å². The average Bonchev–Trinajstić information content (AvgIpc) is 2.70. The van der Waals surface area contributed by atoms with Gasteiger partial charge in [0.15, 0.2) is 9.84 Å². The zero-order valence-electron chi connectivity index (χ0n) is 12.2. The number of rotatable bonds is 5. The topological polar surface area (TPSA) is 82.3 Å². The SMILES string of the molecule is CCOc1ccc(N)c(S(=O)(=O)Cc2nc(C)c(C)s2)c1. The minimum atomic E-state index is -3.55. The number of aryl methyl sites for hydroxylation is 2. The molecule has 0 aliphatic carbocycles. The highest BCUT2D eigenvalue weighted by Crippen LogP contribution is 2.28. The highest BCUT2D eigenvalue weighted by molar-refractivity contribution is 7.91. The van der Waals surface area contributed by atoms with Crippen molar-refractivity contribution < 1.29 is 13.2 Å². The Bertz CT molecular complexity index is 732. The molecule has 0 atom stereocenters. The molecule has 0 amide bonds. The minimum Gasteiger partial charge on any atom is -0.494 e. The molecule has 0 aliphatic rings. The van der Waals surface area contributed by atoms with Crippen LogP contribution in [0.25, 0.3) is 0 Å². The van der Waals surface area contributed by atoms with E-state index in [1.165, 1.54) is 17.4 Å². The smallest absolute Gasteiger partial charge is 0.187 e. The summed E-state index contributed by atoms with van der Waals surface area (Å²) >= 11 is 1.39. The molecular weight excluding hydrogens is 308 g/mol. The zero-order valence-corrected chi connectivity index (χ0v) is 13.8. The Kier molecular flexibility index (Phi) is 4.53. The third-order valence-corrected chi connectivity index (χ3v) is 5.95. The van der Waals surface area contributed by atoms with Gasteiger partial charge in [-0.05, 0) is 32.9 Å². The van der Waals surface area contributed by atoms with Gasteiger partial charge in [0.05, 0.1) is 22.9 Å². The van der Waals surface area contributed by atoms with Crippen molar-refractivity contribution in [2.75, 3.05) is 12.3 Å². The van der Waals surface area contributed by atoms with Gasteiger partial charge in [-0.25, -0.2) is 13.4 Å². The lowest BCUT2D eigenvalue weighted by molar-refractivity contribution is 0.339. The molecule has 1 heterocycles. The summed E-state index contributed by atoms with van der Waals surface area (Å²) in [6, 6.07) is 4.69. The van der Waals surface area contributed by atoms with Gasteiger partial charge in [0.25, 0.3) is 0 Å². The van der Waals surface area contributed by atoms with E-state index in [9.17, 15) is 8.42 Å². The summed E-state index contributed by atoms with van der Waals surface area (Å²) in [7, 11) is -3.55. The van der Waals surface area contributed by atoms with E-state index >= 15 is 0 Å². The molecule has 0 saturated carbocycles. The molecule has 0 bridgehead atoms. The maximum Gasteiger partial charge on any atom is 0.187 e. The van der Waals surface area contributed by atoms with Crippen LogP contribution in [0.3, 0.4) is 0 Å². The van der Waals surface area contributed by atoms with Crippen molar-refractivity contribution in [1.82, 2.24) is 4.98 Å². The maximum absolute atomic E-state index is 12.5. The summed E-state index contributed by atoms with van der Waals surface area (Å²) in [6.07, 6.45) is 0. The summed E-state index contributed by atoms with van der Waals surface area (Å²) in [5.74, 6) is 0.350. The Morgan fingerprint density at radius 1 is 1.33 bits per heavy atom. The maximum atomic E-state index is 12.5. The van der Waals surface area contributed by atoms with Crippen LogP contribution in [0, 0.1) is 13.8 Å². The summed E-state index contributed by atoms with van der Waals surface area (Å²) < 4.78 is 30.4. The molecule has 0 unspecified atom stereocenters. The second-order valence-electron chi connectivity index (χ2n) is 4.64. The van der Waals surface area contributed by atoms with Gasteiger partial charge in [-0.1, -0.05) is 0 Å². The molecule has 2 N–H and O–H groups in total. The highest BCUT2D eigenvalue weighted by atomic mass is 32.2. The molecule has 114 valence electrons. The fourth-order valence-electron chi connectivity index (χ4n) is 1.88. The van der Waals surface area contributed by atoms with Crippen LogP contribution in [0.2, 0.25) is 0 Å². The number of benzene rings is 1. The van der Waals surface area contributed by atoms with Gasteiger partial charge in [-0.3, -0.25) is 0 Å². The second kappa shape index (κ2) is 6.03. The van der Waals surface area contributed by atoms with Crippen LogP contribution in [0.5, 0.6) is 5.75 Å². The number of sulfone groups is 1. The Balaban J connectivity index is 2.36. The van der Waals surface area contributed by atoms with E-state index in [0.717, 1.165) is 10.6 Å². The molecule has 0 fully saturated rings. The van der Waals surface area contributed by atoms with Crippen LogP contribution >= 0.6 is 11.3 Å². The molecule has 2 rings (SSSR count). The van der Waals surface area contributed by atoms with E-state index in [1.54, 1.807) is 12.1 Å². The van der Waals surface area contributed by atoms with E-state index in [4.69, 9.17) is 10.5 Å². The van der Waals surface area contributed by atoms with Crippen molar-refractivity contribution in [3.8, 4) is 5.75 Å². The molecule has 7 heteroatoms. The van der Waals surface area contributed by atoms with Gasteiger partial charge >= 0.3 is 0 Å². The fourth-order valence-corrected chi connectivity index (χ4v) is 4.58. The van der Waals surface area contributed by atoms with E-state index in [1.807, 2.05) is 20.8 Å². The summed E-state index contributed by atoms with van der Waals surface area (Å²) in [5.41, 5.74) is 6.90. The standard InChI is InChI=1S/C14H18N2O3S2/c1-4-19-11-5-6-12(15)13(7-11)21(17,18)8-14-16-9(2)10(3)20-14/h5-7H,4,8,15H2,1-3H3. The molecule has 0 saturated heterocycles.